The predicted molar refractivity (Wildman–Crippen MR) is 82.3 cm³/mol. The number of hydrogen-bond donors (Lipinski definition) is 2. The molecule has 2 aromatic heterocycles. The van der Waals surface area contributed by atoms with Gasteiger partial charge in [0.05, 0.1) is 11.9 Å². The van der Waals surface area contributed by atoms with Crippen molar-refractivity contribution in [3.63, 3.8) is 0 Å². The summed E-state index contributed by atoms with van der Waals surface area (Å²) in [6.45, 7) is 1.88. The Balaban J connectivity index is 2.11. The van der Waals surface area contributed by atoms with Crippen LogP contribution in [0.2, 0.25) is 0 Å². The topological polar surface area (TPSA) is 98.0 Å². The van der Waals surface area contributed by atoms with Crippen LogP contribution in [-0.4, -0.2) is 38.4 Å². The first kappa shape index (κ1) is 14.9. The first-order valence-electron chi connectivity index (χ1n) is 6.09. The summed E-state index contributed by atoms with van der Waals surface area (Å²) in [5.74, 6) is 0.342. The molecule has 2 atom stereocenters. The van der Waals surface area contributed by atoms with Crippen molar-refractivity contribution in [2.24, 2.45) is 0 Å². The Morgan fingerprint density at radius 3 is 3.00 bits per heavy atom. The van der Waals surface area contributed by atoms with Gasteiger partial charge in [-0.15, -0.1) is 16.4 Å². The fraction of sp³-hybridized carbons (Fsp3) is 0.417. The smallest absolute Gasteiger partial charge is 0.263 e. The van der Waals surface area contributed by atoms with Crippen LogP contribution in [0.5, 0.6) is 0 Å². The number of nitrogen functional groups attached to an aromatic ring is 1. The molecule has 6 nitrogen and oxygen atoms in total. The Kier molecular flexibility index (Phi) is 4.66. The summed E-state index contributed by atoms with van der Waals surface area (Å²) in [7, 11) is -0.854. The van der Waals surface area contributed by atoms with Crippen molar-refractivity contribution in [2.45, 2.75) is 19.4 Å². The van der Waals surface area contributed by atoms with Crippen molar-refractivity contribution in [3.05, 3.63) is 17.1 Å². The Labute approximate surface area is 123 Å². The van der Waals surface area contributed by atoms with Crippen LogP contribution in [0.3, 0.4) is 0 Å². The lowest BCUT2D eigenvalue weighted by molar-refractivity contribution is 0.0944. The molecule has 0 fully saturated rings. The average Bonchev–Trinajstić information content (AvgIpc) is 2.74. The van der Waals surface area contributed by atoms with Gasteiger partial charge in [-0.25, -0.2) is 0 Å². The van der Waals surface area contributed by atoms with Crippen LogP contribution in [0.15, 0.2) is 12.3 Å². The summed E-state index contributed by atoms with van der Waals surface area (Å²) in [6, 6.07) is 1.69. The van der Waals surface area contributed by atoms with Crippen LogP contribution >= 0.6 is 11.3 Å². The van der Waals surface area contributed by atoms with Crippen molar-refractivity contribution in [1.82, 2.24) is 15.5 Å². The maximum absolute atomic E-state index is 12.2. The molecule has 2 rings (SSSR count). The fourth-order valence-electron chi connectivity index (χ4n) is 1.75. The fourth-order valence-corrected chi connectivity index (χ4v) is 3.37. The molecule has 2 aromatic rings. The zero-order valence-corrected chi connectivity index (χ0v) is 12.9. The molecule has 0 saturated carbocycles. The predicted octanol–water partition coefficient (Wildman–Crippen LogP) is 1.16. The number of amides is 1. The van der Waals surface area contributed by atoms with Crippen molar-refractivity contribution < 1.29 is 9.00 Å². The lowest BCUT2D eigenvalue weighted by Crippen LogP contribution is -2.33. The van der Waals surface area contributed by atoms with Crippen LogP contribution in [0.1, 0.15) is 23.0 Å². The number of nitrogens with zero attached hydrogens (tertiary/aromatic N) is 2. The second kappa shape index (κ2) is 6.27. The van der Waals surface area contributed by atoms with E-state index in [9.17, 15) is 9.00 Å². The zero-order chi connectivity index (χ0) is 14.7. The molecule has 0 aliphatic heterocycles. The van der Waals surface area contributed by atoms with E-state index in [0.29, 0.717) is 27.6 Å². The number of rotatable bonds is 5. The standard InChI is InChI=1S/C12H16N4O2S2/c1-7(4-6-20(2)18)15-11(17)10-9(13)8-3-5-14-16-12(8)19-10/h3,5,7H,4,6,13H2,1-2H3,(H,15,17). The highest BCUT2D eigenvalue weighted by atomic mass is 32.2. The Morgan fingerprint density at radius 2 is 2.35 bits per heavy atom. The van der Waals surface area contributed by atoms with Crippen LogP contribution < -0.4 is 11.1 Å². The zero-order valence-electron chi connectivity index (χ0n) is 11.3. The number of nitrogens with two attached hydrogens (primary N) is 1. The molecule has 20 heavy (non-hydrogen) atoms. The van der Waals surface area contributed by atoms with Gasteiger partial charge in [-0.2, -0.15) is 5.10 Å². The quantitative estimate of drug-likeness (QED) is 0.863. The third kappa shape index (κ3) is 3.31. The lowest BCUT2D eigenvalue weighted by atomic mass is 10.2. The van der Waals surface area contributed by atoms with E-state index in [0.717, 1.165) is 5.39 Å². The molecular formula is C12H16N4O2S2. The number of anilines is 1. The average molecular weight is 312 g/mol. The molecule has 0 bridgehead atoms. The molecule has 2 heterocycles. The van der Waals surface area contributed by atoms with Gasteiger partial charge in [-0.1, -0.05) is 0 Å². The molecule has 2 unspecified atom stereocenters. The van der Waals surface area contributed by atoms with Crippen molar-refractivity contribution in [1.29, 1.82) is 0 Å². The normalized spacial score (nSPS) is 14.1. The van der Waals surface area contributed by atoms with E-state index in [1.54, 1.807) is 18.5 Å². The van der Waals surface area contributed by atoms with E-state index in [2.05, 4.69) is 15.5 Å². The van der Waals surface area contributed by atoms with E-state index >= 15 is 0 Å². The molecule has 0 aliphatic rings. The molecular weight excluding hydrogens is 296 g/mol. The van der Waals surface area contributed by atoms with Gasteiger partial charge in [-0.05, 0) is 19.4 Å². The van der Waals surface area contributed by atoms with Crippen molar-refractivity contribution in [3.8, 4) is 0 Å². The number of thiophene rings is 1. The van der Waals surface area contributed by atoms with Gasteiger partial charge < -0.3 is 11.1 Å². The SMILES string of the molecule is CC(CCS(C)=O)NC(=O)c1sc2nnccc2c1N. The molecule has 0 saturated heterocycles. The Morgan fingerprint density at radius 1 is 1.60 bits per heavy atom. The number of carbonyl (C=O) groups is 1. The van der Waals surface area contributed by atoms with Gasteiger partial charge in [-0.3, -0.25) is 9.00 Å². The highest BCUT2D eigenvalue weighted by Crippen LogP contribution is 2.31. The van der Waals surface area contributed by atoms with Crippen molar-refractivity contribution >= 4 is 43.9 Å². The highest BCUT2D eigenvalue weighted by molar-refractivity contribution is 7.84. The Hall–Kier alpha value is -1.54. The van der Waals surface area contributed by atoms with Gasteiger partial charge >= 0.3 is 0 Å². The number of aromatic nitrogens is 2. The maximum atomic E-state index is 12.2. The van der Waals surface area contributed by atoms with Crippen LogP contribution in [-0.2, 0) is 10.8 Å². The number of carbonyl (C=O) groups excluding carboxylic acids is 1. The van der Waals surface area contributed by atoms with E-state index in [1.165, 1.54) is 11.3 Å². The first-order valence-corrected chi connectivity index (χ1v) is 8.64. The number of nitrogens with one attached hydrogen (secondary N) is 1. The first-order chi connectivity index (χ1) is 9.49. The maximum Gasteiger partial charge on any atom is 0.263 e. The minimum atomic E-state index is -0.854. The van der Waals surface area contributed by atoms with Gasteiger partial charge in [0.15, 0.2) is 0 Å². The number of fused-ring (bicyclic) bond motifs is 1. The van der Waals surface area contributed by atoms with Crippen LogP contribution in [0.4, 0.5) is 5.69 Å². The second-order valence-corrected chi connectivity index (χ2v) is 7.09. The Bertz CT molecular complexity index is 656. The largest absolute Gasteiger partial charge is 0.397 e. The molecule has 0 aromatic carbocycles. The lowest BCUT2D eigenvalue weighted by Gasteiger charge is -2.12. The van der Waals surface area contributed by atoms with Gasteiger partial charge in [0, 0.05) is 34.2 Å². The second-order valence-electron chi connectivity index (χ2n) is 4.54. The summed E-state index contributed by atoms with van der Waals surface area (Å²) in [5.41, 5.74) is 6.40. The number of hydrogen-bond acceptors (Lipinski definition) is 6. The van der Waals surface area contributed by atoms with E-state index in [-0.39, 0.29) is 11.9 Å². The molecule has 0 aliphatic carbocycles. The summed E-state index contributed by atoms with van der Waals surface area (Å²) >= 11 is 1.23. The van der Waals surface area contributed by atoms with Crippen LogP contribution in [0, 0.1) is 0 Å². The van der Waals surface area contributed by atoms with Gasteiger partial charge in [0.25, 0.3) is 5.91 Å². The summed E-state index contributed by atoms with van der Waals surface area (Å²) in [5, 5.41) is 11.3. The third-order valence-corrected chi connectivity index (χ3v) is 4.76. The van der Waals surface area contributed by atoms with E-state index in [1.807, 2.05) is 6.92 Å². The minimum absolute atomic E-state index is 0.0536. The molecule has 3 N–H and O–H groups in total. The summed E-state index contributed by atoms with van der Waals surface area (Å²) in [6.07, 6.45) is 3.86. The third-order valence-electron chi connectivity index (χ3n) is 2.84. The molecule has 108 valence electrons. The highest BCUT2D eigenvalue weighted by Gasteiger charge is 2.18. The molecule has 1 amide bonds. The molecule has 0 spiro atoms. The molecule has 8 heteroatoms. The van der Waals surface area contributed by atoms with E-state index < -0.39 is 10.8 Å². The minimum Gasteiger partial charge on any atom is -0.397 e. The summed E-state index contributed by atoms with van der Waals surface area (Å²) in [4.78, 5) is 13.3. The van der Waals surface area contributed by atoms with Crippen LogP contribution in [0.25, 0.3) is 10.2 Å². The van der Waals surface area contributed by atoms with E-state index in [4.69, 9.17) is 5.73 Å². The summed E-state index contributed by atoms with van der Waals surface area (Å²) < 4.78 is 11.0. The monoisotopic (exact) mass is 312 g/mol. The van der Waals surface area contributed by atoms with Gasteiger partial charge in [0.2, 0.25) is 0 Å². The van der Waals surface area contributed by atoms with Gasteiger partial charge in [0.1, 0.15) is 9.71 Å². The van der Waals surface area contributed by atoms with Crippen molar-refractivity contribution in [2.75, 3.05) is 17.7 Å². The molecule has 0 radical (unpaired) electrons.